The second kappa shape index (κ2) is 4.03. The molecular formula is C11H12N4O2. The van der Waals surface area contributed by atoms with Crippen molar-refractivity contribution in [2.75, 3.05) is 18.0 Å². The van der Waals surface area contributed by atoms with Gasteiger partial charge in [0, 0.05) is 24.8 Å². The van der Waals surface area contributed by atoms with Gasteiger partial charge in [-0.05, 0) is 12.1 Å². The molecule has 0 aromatic carbocycles. The average Bonchev–Trinajstić information content (AvgIpc) is 2.74. The van der Waals surface area contributed by atoms with Crippen LogP contribution in [0.25, 0.3) is 0 Å². The van der Waals surface area contributed by atoms with Crippen LogP contribution in [0.15, 0.2) is 18.3 Å². The van der Waals surface area contributed by atoms with Crippen molar-refractivity contribution in [1.29, 1.82) is 5.26 Å². The molecule has 1 aromatic heterocycles. The first-order valence-electron chi connectivity index (χ1n) is 5.18. The number of carbonyl (C=O) groups is 1. The number of carbonyl (C=O) groups excluding carboxylic acids is 1. The van der Waals surface area contributed by atoms with Gasteiger partial charge in [-0.15, -0.1) is 0 Å². The van der Waals surface area contributed by atoms with Gasteiger partial charge in [0.2, 0.25) is 0 Å². The molecule has 1 saturated heterocycles. The first-order chi connectivity index (χ1) is 8.05. The fourth-order valence-corrected chi connectivity index (χ4v) is 1.89. The van der Waals surface area contributed by atoms with E-state index in [4.69, 9.17) is 11.0 Å². The van der Waals surface area contributed by atoms with E-state index in [2.05, 4.69) is 4.98 Å². The van der Waals surface area contributed by atoms with Crippen LogP contribution in [-0.4, -0.2) is 34.7 Å². The van der Waals surface area contributed by atoms with Crippen LogP contribution < -0.4 is 10.6 Å². The summed E-state index contributed by atoms with van der Waals surface area (Å²) in [4.78, 5) is 16.8. The smallest absolute Gasteiger partial charge is 0.251 e. The highest BCUT2D eigenvalue weighted by Crippen LogP contribution is 2.26. The van der Waals surface area contributed by atoms with Crippen LogP contribution in [-0.2, 0) is 4.79 Å². The van der Waals surface area contributed by atoms with Crippen molar-refractivity contribution in [3.05, 3.63) is 24.0 Å². The molecule has 6 nitrogen and oxygen atoms in total. The van der Waals surface area contributed by atoms with E-state index >= 15 is 0 Å². The summed E-state index contributed by atoms with van der Waals surface area (Å²) >= 11 is 0. The Hall–Kier alpha value is -2.13. The zero-order valence-corrected chi connectivity index (χ0v) is 9.13. The number of rotatable bonds is 2. The normalized spacial score (nSPS) is 23.4. The Morgan fingerprint density at radius 2 is 2.47 bits per heavy atom. The fourth-order valence-electron chi connectivity index (χ4n) is 1.89. The van der Waals surface area contributed by atoms with Gasteiger partial charge in [-0.2, -0.15) is 5.26 Å². The summed E-state index contributed by atoms with van der Waals surface area (Å²) in [6.07, 6.45) is 1.82. The van der Waals surface area contributed by atoms with Crippen LogP contribution in [0, 0.1) is 11.3 Å². The van der Waals surface area contributed by atoms with Crippen molar-refractivity contribution >= 4 is 11.6 Å². The number of aromatic nitrogens is 1. The predicted octanol–water partition coefficient (Wildman–Crippen LogP) is -0.620. The molecule has 0 unspecified atom stereocenters. The number of primary amides is 1. The summed E-state index contributed by atoms with van der Waals surface area (Å²) in [5.41, 5.74) is 4.73. The van der Waals surface area contributed by atoms with Gasteiger partial charge in [0.1, 0.15) is 11.8 Å². The monoisotopic (exact) mass is 232 g/mol. The van der Waals surface area contributed by atoms with E-state index in [1.165, 1.54) is 6.20 Å². The fraction of sp³-hybridized carbons (Fsp3) is 0.364. The number of aliphatic hydroxyl groups is 1. The van der Waals surface area contributed by atoms with Crippen molar-refractivity contribution < 1.29 is 9.90 Å². The molecule has 17 heavy (non-hydrogen) atoms. The molecule has 2 rings (SSSR count). The molecule has 1 aromatic rings. The van der Waals surface area contributed by atoms with E-state index in [9.17, 15) is 9.90 Å². The molecule has 1 amide bonds. The highest BCUT2D eigenvalue weighted by molar-refractivity contribution is 5.84. The van der Waals surface area contributed by atoms with Gasteiger partial charge in [-0.3, -0.25) is 4.79 Å². The molecule has 1 aliphatic rings. The van der Waals surface area contributed by atoms with Gasteiger partial charge >= 0.3 is 0 Å². The summed E-state index contributed by atoms with van der Waals surface area (Å²) < 4.78 is 0. The summed E-state index contributed by atoms with van der Waals surface area (Å²) in [6, 6.07) is 5.29. The van der Waals surface area contributed by atoms with Crippen molar-refractivity contribution in [2.24, 2.45) is 5.73 Å². The van der Waals surface area contributed by atoms with Gasteiger partial charge in [-0.1, -0.05) is 0 Å². The first kappa shape index (κ1) is 11.4. The molecule has 3 N–H and O–H groups in total. The number of hydrogen-bond acceptors (Lipinski definition) is 5. The molecule has 0 radical (unpaired) electrons. The van der Waals surface area contributed by atoms with Crippen molar-refractivity contribution in [2.45, 2.75) is 12.0 Å². The maximum Gasteiger partial charge on any atom is 0.251 e. The van der Waals surface area contributed by atoms with E-state index < -0.39 is 11.5 Å². The number of nitrogens with zero attached hydrogens (tertiary/aromatic N) is 3. The maximum absolute atomic E-state index is 11.1. The second-order valence-electron chi connectivity index (χ2n) is 4.08. The number of amides is 1. The van der Waals surface area contributed by atoms with Gasteiger partial charge < -0.3 is 15.7 Å². The summed E-state index contributed by atoms with van der Waals surface area (Å²) in [5, 5.41) is 18.7. The standard InChI is InChI=1S/C11H12N4O2/c12-6-8-5-9(1-3-14-8)15-4-2-11(17,7-15)10(13)16/h1,3,5,17H,2,4,7H2,(H2,13,16)/t11-/m0/s1. The summed E-state index contributed by atoms with van der Waals surface area (Å²) in [7, 11) is 0. The SMILES string of the molecule is N#Cc1cc(N2CC[C@@](O)(C(N)=O)C2)ccn1. The van der Waals surface area contributed by atoms with E-state index in [1.807, 2.05) is 11.0 Å². The van der Waals surface area contributed by atoms with E-state index in [0.29, 0.717) is 18.7 Å². The van der Waals surface area contributed by atoms with Crippen LogP contribution in [0.2, 0.25) is 0 Å². The first-order valence-corrected chi connectivity index (χ1v) is 5.18. The molecule has 2 heterocycles. The van der Waals surface area contributed by atoms with Crippen molar-refractivity contribution in [3.8, 4) is 6.07 Å². The number of hydrogen-bond donors (Lipinski definition) is 2. The zero-order chi connectivity index (χ0) is 12.5. The average molecular weight is 232 g/mol. The Labute approximate surface area is 98.3 Å². The highest BCUT2D eigenvalue weighted by Gasteiger charge is 2.41. The van der Waals surface area contributed by atoms with Crippen LogP contribution in [0.5, 0.6) is 0 Å². The van der Waals surface area contributed by atoms with E-state index in [-0.39, 0.29) is 6.54 Å². The Morgan fingerprint density at radius 3 is 3.06 bits per heavy atom. The highest BCUT2D eigenvalue weighted by atomic mass is 16.3. The quantitative estimate of drug-likeness (QED) is 0.707. The molecule has 0 saturated carbocycles. The number of anilines is 1. The Bertz CT molecular complexity index is 496. The number of β-amino-alcohol motifs (C(OH)–C–C–N with tert-alkyl or cyclic N) is 1. The van der Waals surface area contributed by atoms with Crippen molar-refractivity contribution in [3.63, 3.8) is 0 Å². The van der Waals surface area contributed by atoms with Crippen LogP contribution in [0.3, 0.4) is 0 Å². The Balaban J connectivity index is 2.21. The van der Waals surface area contributed by atoms with Gasteiger partial charge in [0.05, 0.1) is 6.54 Å². The van der Waals surface area contributed by atoms with Gasteiger partial charge in [0.25, 0.3) is 5.91 Å². The minimum absolute atomic E-state index is 0.150. The zero-order valence-electron chi connectivity index (χ0n) is 9.13. The molecule has 0 spiro atoms. The molecule has 1 atom stereocenters. The lowest BCUT2D eigenvalue weighted by Crippen LogP contribution is -2.46. The van der Waals surface area contributed by atoms with Gasteiger partial charge in [-0.25, -0.2) is 4.98 Å². The van der Waals surface area contributed by atoms with Crippen LogP contribution >= 0.6 is 0 Å². The molecule has 6 heteroatoms. The molecule has 88 valence electrons. The van der Waals surface area contributed by atoms with Crippen molar-refractivity contribution in [1.82, 2.24) is 4.98 Å². The van der Waals surface area contributed by atoms with Crippen LogP contribution in [0.4, 0.5) is 5.69 Å². The number of nitriles is 1. The maximum atomic E-state index is 11.1. The topological polar surface area (TPSA) is 103 Å². The molecule has 0 aliphatic carbocycles. The molecular weight excluding hydrogens is 220 g/mol. The minimum atomic E-state index is -1.48. The van der Waals surface area contributed by atoms with Crippen LogP contribution in [0.1, 0.15) is 12.1 Å². The second-order valence-corrected chi connectivity index (χ2v) is 4.08. The predicted molar refractivity (Wildman–Crippen MR) is 59.9 cm³/mol. The minimum Gasteiger partial charge on any atom is -0.378 e. The van der Waals surface area contributed by atoms with Gasteiger partial charge in [0.15, 0.2) is 5.60 Å². The number of nitrogens with two attached hydrogens (primary N) is 1. The molecule has 1 fully saturated rings. The largest absolute Gasteiger partial charge is 0.378 e. The number of pyridine rings is 1. The third-order valence-corrected chi connectivity index (χ3v) is 2.93. The van der Waals surface area contributed by atoms with E-state index in [0.717, 1.165) is 5.69 Å². The lowest BCUT2D eigenvalue weighted by atomic mass is 10.0. The third kappa shape index (κ3) is 2.05. The molecule has 0 bridgehead atoms. The third-order valence-electron chi connectivity index (χ3n) is 2.93. The lowest BCUT2D eigenvalue weighted by molar-refractivity contribution is -0.134. The Morgan fingerprint density at radius 1 is 1.71 bits per heavy atom. The van der Waals surface area contributed by atoms with E-state index in [1.54, 1.807) is 12.1 Å². The summed E-state index contributed by atoms with van der Waals surface area (Å²) in [6.45, 7) is 0.672. The Kier molecular flexibility index (Phi) is 2.69. The molecule has 1 aliphatic heterocycles. The lowest BCUT2D eigenvalue weighted by Gasteiger charge is -2.21. The summed E-state index contributed by atoms with van der Waals surface area (Å²) in [5.74, 6) is -0.713.